The number of primary amides is 1. The largest absolute Gasteiger partial charge is 0.494 e. The van der Waals surface area contributed by atoms with Crippen LogP contribution < -0.4 is 16.5 Å². The fourth-order valence-electron chi connectivity index (χ4n) is 4.50. The molecule has 3 heterocycles. The fraction of sp³-hybridized carbons (Fsp3) is 0.520. The molecule has 12 heteroatoms. The van der Waals surface area contributed by atoms with Crippen LogP contribution in [0.1, 0.15) is 42.2 Å². The van der Waals surface area contributed by atoms with E-state index >= 15 is 0 Å². The Bertz CT molecular complexity index is 1160. The average Bonchev–Trinajstić information content (AvgIpc) is 3.29. The minimum absolute atomic E-state index is 0.0714. The summed E-state index contributed by atoms with van der Waals surface area (Å²) in [5.74, 6) is -0.521. The van der Waals surface area contributed by atoms with E-state index in [2.05, 4.69) is 29.3 Å². The average molecular weight is 511 g/mol. The lowest BCUT2D eigenvalue weighted by atomic mass is 9.72. The number of anilines is 2. The van der Waals surface area contributed by atoms with Crippen molar-refractivity contribution < 1.29 is 28.4 Å². The van der Waals surface area contributed by atoms with Gasteiger partial charge in [0, 0.05) is 56.3 Å². The highest BCUT2D eigenvalue weighted by Gasteiger charge is 2.35. The van der Waals surface area contributed by atoms with Crippen molar-refractivity contribution >= 4 is 42.2 Å². The van der Waals surface area contributed by atoms with Crippen molar-refractivity contribution in [1.29, 1.82) is 0 Å². The smallest absolute Gasteiger partial charge is 0.469 e. The molecule has 2 atom stereocenters. The molecule has 0 bridgehead atoms. The normalized spacial score (nSPS) is 21.7. The molecule has 11 nitrogen and oxygen atoms in total. The third-order valence-corrected chi connectivity index (χ3v) is 6.53. The number of nitrogens with zero attached hydrogens (tertiary/aromatic N) is 3. The van der Waals surface area contributed by atoms with Crippen molar-refractivity contribution in [3.05, 3.63) is 35.5 Å². The molecule has 198 valence electrons. The summed E-state index contributed by atoms with van der Waals surface area (Å²) in [6, 6.07) is 5.33. The third-order valence-electron chi connectivity index (χ3n) is 6.53. The number of ether oxygens (including phenoxy) is 2. The number of nitrogens with one attached hydrogen (secondary N) is 1. The molecule has 0 saturated carbocycles. The minimum Gasteiger partial charge on any atom is -0.469 e. The number of hydrogen-bond acceptors (Lipinski definition) is 9. The van der Waals surface area contributed by atoms with Gasteiger partial charge in [0.1, 0.15) is 5.56 Å². The quantitative estimate of drug-likeness (QED) is 0.309. The number of aliphatic imine (C=N–C) groups is 1. The summed E-state index contributed by atoms with van der Waals surface area (Å²) in [5, 5.41) is 7.87. The number of methoxy groups -OCH3 is 1. The summed E-state index contributed by atoms with van der Waals surface area (Å²) in [6.07, 6.45) is 4.41. The maximum Gasteiger partial charge on any atom is 0.494 e. The molecule has 2 aliphatic rings. The number of benzene rings is 1. The van der Waals surface area contributed by atoms with Crippen molar-refractivity contribution in [3.63, 3.8) is 0 Å². The van der Waals surface area contributed by atoms with Crippen molar-refractivity contribution in [2.24, 2.45) is 22.1 Å². The summed E-state index contributed by atoms with van der Waals surface area (Å²) in [4.78, 5) is 28.5. The molecule has 2 fully saturated rings. The molecular weight excluding hydrogens is 477 g/mol. The van der Waals surface area contributed by atoms with Crippen molar-refractivity contribution in [3.8, 4) is 0 Å². The van der Waals surface area contributed by atoms with Crippen LogP contribution in [0.2, 0.25) is 0 Å². The van der Waals surface area contributed by atoms with E-state index in [0.29, 0.717) is 43.4 Å². The molecule has 2 aliphatic heterocycles. The van der Waals surface area contributed by atoms with Crippen molar-refractivity contribution in [1.82, 2.24) is 9.78 Å². The minimum atomic E-state index is -0.643. The van der Waals surface area contributed by atoms with Gasteiger partial charge >= 0.3 is 13.1 Å². The highest BCUT2D eigenvalue weighted by Crippen LogP contribution is 2.29. The maximum absolute atomic E-state index is 12.3. The SMILES string of the molecule is CN=CC1CCOC[C@@H]1n1cc(C(N)=O)c(Nc2ccc(CC(=O)OC)c(B3OCC(C)(C)CO3)c2)n1. The second kappa shape index (κ2) is 11.4. The Labute approximate surface area is 216 Å². The first-order valence-electron chi connectivity index (χ1n) is 12.3. The molecular formula is C25H34BN5O6. The Morgan fingerprint density at radius 3 is 2.78 bits per heavy atom. The van der Waals surface area contributed by atoms with Gasteiger partial charge in [0.05, 0.1) is 26.2 Å². The summed E-state index contributed by atoms with van der Waals surface area (Å²) in [6.45, 7) is 6.24. The van der Waals surface area contributed by atoms with Crippen molar-refractivity contribution in [2.75, 3.05) is 45.9 Å². The van der Waals surface area contributed by atoms with E-state index in [9.17, 15) is 9.59 Å². The zero-order valence-corrected chi connectivity index (χ0v) is 21.7. The summed E-state index contributed by atoms with van der Waals surface area (Å²) in [7, 11) is 2.44. The van der Waals surface area contributed by atoms with Gasteiger partial charge < -0.3 is 34.8 Å². The van der Waals surface area contributed by atoms with Gasteiger partial charge in [-0.2, -0.15) is 5.10 Å². The van der Waals surface area contributed by atoms with Crippen LogP contribution in [-0.2, 0) is 30.0 Å². The number of aromatic nitrogens is 2. The third kappa shape index (κ3) is 6.38. The number of carbonyl (C=O) groups is 2. The van der Waals surface area contributed by atoms with E-state index in [1.165, 1.54) is 7.11 Å². The molecule has 4 rings (SSSR count). The molecule has 2 aromatic rings. The number of amides is 1. The zero-order chi connectivity index (χ0) is 26.6. The molecule has 0 radical (unpaired) electrons. The number of carbonyl (C=O) groups excluding carboxylic acids is 2. The van der Waals surface area contributed by atoms with Gasteiger partial charge in [0.15, 0.2) is 5.82 Å². The predicted octanol–water partition coefficient (Wildman–Crippen LogP) is 1.49. The highest BCUT2D eigenvalue weighted by molar-refractivity contribution is 6.62. The standard InChI is InChI=1S/C25H34BN5O6/c1-25(2)14-36-26(37-15-25)20-10-18(6-5-16(20)9-22(32)34-4)29-24-19(23(27)33)12-31(30-24)21-13-35-8-7-17(21)11-28-3/h5-6,10-12,17,21H,7-9,13-15H2,1-4H3,(H2,27,33)(H,29,30)/t17?,21-/m0/s1. The van der Waals surface area contributed by atoms with Gasteiger partial charge in [-0.3, -0.25) is 14.3 Å². The molecule has 1 aromatic carbocycles. The fourth-order valence-corrected chi connectivity index (χ4v) is 4.50. The van der Waals surface area contributed by atoms with Gasteiger partial charge in [0.25, 0.3) is 5.91 Å². The molecule has 37 heavy (non-hydrogen) atoms. The maximum atomic E-state index is 12.3. The first kappa shape index (κ1) is 26.8. The van der Waals surface area contributed by atoms with Gasteiger partial charge in [0.2, 0.25) is 0 Å². The van der Waals surface area contributed by atoms with E-state index in [-0.39, 0.29) is 35.3 Å². The van der Waals surface area contributed by atoms with Crippen LogP contribution in [0.15, 0.2) is 29.4 Å². The summed E-state index contributed by atoms with van der Waals surface area (Å²) < 4.78 is 24.2. The van der Waals surface area contributed by atoms with Gasteiger partial charge in [-0.1, -0.05) is 19.9 Å². The van der Waals surface area contributed by atoms with Crippen LogP contribution in [-0.4, -0.2) is 75.6 Å². The second-order valence-corrected chi connectivity index (χ2v) is 10.1. The van der Waals surface area contributed by atoms with Crippen molar-refractivity contribution in [2.45, 2.75) is 32.7 Å². The van der Waals surface area contributed by atoms with Gasteiger partial charge in [-0.15, -0.1) is 0 Å². The first-order chi connectivity index (χ1) is 17.7. The molecule has 1 amide bonds. The van der Waals surface area contributed by atoms with Crippen LogP contribution >= 0.6 is 0 Å². The number of hydrogen-bond donors (Lipinski definition) is 2. The lowest BCUT2D eigenvalue weighted by Gasteiger charge is -2.33. The molecule has 1 aromatic heterocycles. The molecule has 2 saturated heterocycles. The summed E-state index contributed by atoms with van der Waals surface area (Å²) >= 11 is 0. The summed E-state index contributed by atoms with van der Waals surface area (Å²) in [5.41, 5.74) is 7.90. The molecule has 0 aliphatic carbocycles. The predicted molar refractivity (Wildman–Crippen MR) is 140 cm³/mol. The van der Waals surface area contributed by atoms with E-state index in [4.69, 9.17) is 24.5 Å². The van der Waals surface area contributed by atoms with Crippen LogP contribution in [0, 0.1) is 11.3 Å². The Hall–Kier alpha value is -3.22. The second-order valence-electron chi connectivity index (χ2n) is 10.1. The number of nitrogens with two attached hydrogens (primary N) is 1. The van der Waals surface area contributed by atoms with Crippen LogP contribution in [0.3, 0.4) is 0 Å². The van der Waals surface area contributed by atoms with E-state index in [0.717, 1.165) is 12.0 Å². The van der Waals surface area contributed by atoms with Crippen LogP contribution in [0.25, 0.3) is 0 Å². The van der Waals surface area contributed by atoms with Crippen LogP contribution in [0.4, 0.5) is 11.5 Å². The molecule has 3 N–H and O–H groups in total. The molecule has 1 unspecified atom stereocenters. The van der Waals surface area contributed by atoms with E-state index < -0.39 is 13.0 Å². The van der Waals surface area contributed by atoms with E-state index in [1.54, 1.807) is 24.0 Å². The lowest BCUT2D eigenvalue weighted by Crippen LogP contribution is -2.48. The Morgan fingerprint density at radius 1 is 1.35 bits per heavy atom. The number of esters is 1. The molecule has 0 spiro atoms. The number of rotatable bonds is 8. The first-order valence-corrected chi connectivity index (χ1v) is 12.3. The topological polar surface area (TPSA) is 139 Å². The monoisotopic (exact) mass is 511 g/mol. The Balaban J connectivity index is 1.64. The Morgan fingerprint density at radius 2 is 2.11 bits per heavy atom. The van der Waals surface area contributed by atoms with Gasteiger partial charge in [-0.05, 0) is 29.6 Å². The van der Waals surface area contributed by atoms with Crippen LogP contribution in [0.5, 0.6) is 0 Å². The van der Waals surface area contributed by atoms with E-state index in [1.807, 2.05) is 18.3 Å². The zero-order valence-electron chi connectivity index (χ0n) is 21.7. The van der Waals surface area contributed by atoms with Gasteiger partial charge in [-0.25, -0.2) is 0 Å². The highest BCUT2D eigenvalue weighted by atomic mass is 16.6. The Kier molecular flexibility index (Phi) is 8.30. The lowest BCUT2D eigenvalue weighted by molar-refractivity contribution is -0.139.